The van der Waals surface area contributed by atoms with Crippen LogP contribution in [0.3, 0.4) is 0 Å². The first-order valence-electron chi connectivity index (χ1n) is 6.91. The molecule has 1 fully saturated rings. The smallest absolute Gasteiger partial charge is 0.238 e. The van der Waals surface area contributed by atoms with Gasteiger partial charge in [0.25, 0.3) is 0 Å². The Bertz CT molecular complexity index is 416. The van der Waals surface area contributed by atoms with Gasteiger partial charge in [-0.3, -0.25) is 9.69 Å². The Balaban J connectivity index is 1.77. The van der Waals surface area contributed by atoms with Crippen molar-refractivity contribution in [2.45, 2.75) is 13.3 Å². The largest absolute Gasteiger partial charge is 0.325 e. The molecule has 104 valence electrons. The monoisotopic (exact) mass is 261 g/mol. The number of amides is 1. The Labute approximate surface area is 115 Å². The van der Waals surface area contributed by atoms with Crippen molar-refractivity contribution in [3.8, 4) is 0 Å². The van der Waals surface area contributed by atoms with Crippen molar-refractivity contribution in [1.29, 1.82) is 0 Å². The molecule has 1 saturated heterocycles. The summed E-state index contributed by atoms with van der Waals surface area (Å²) in [5.74, 6) is 0.756. The fourth-order valence-corrected chi connectivity index (χ4v) is 2.55. The lowest BCUT2D eigenvalue weighted by atomic mass is 10.1. The van der Waals surface area contributed by atoms with Crippen molar-refractivity contribution >= 4 is 11.6 Å². The minimum atomic E-state index is 0.0777. The molecule has 4 heteroatoms. The van der Waals surface area contributed by atoms with Crippen molar-refractivity contribution in [3.05, 3.63) is 29.8 Å². The lowest BCUT2D eigenvalue weighted by Crippen LogP contribution is -2.32. The molecule has 0 aromatic heterocycles. The predicted octanol–water partition coefficient (Wildman–Crippen LogP) is 1.47. The molecule has 19 heavy (non-hydrogen) atoms. The molecule has 1 unspecified atom stereocenters. The highest BCUT2D eigenvalue weighted by atomic mass is 16.2. The van der Waals surface area contributed by atoms with Crippen LogP contribution in [-0.2, 0) is 4.79 Å². The number of rotatable bonds is 5. The molecular formula is C15H23N3O. The van der Waals surface area contributed by atoms with Crippen LogP contribution in [0.2, 0.25) is 0 Å². The predicted molar refractivity (Wildman–Crippen MR) is 78.3 cm³/mol. The topological polar surface area (TPSA) is 44.4 Å². The Morgan fingerprint density at radius 1 is 1.37 bits per heavy atom. The van der Waals surface area contributed by atoms with Crippen molar-refractivity contribution in [1.82, 2.24) is 10.2 Å². The first-order valence-corrected chi connectivity index (χ1v) is 6.91. The van der Waals surface area contributed by atoms with Crippen molar-refractivity contribution in [3.63, 3.8) is 0 Å². The zero-order valence-corrected chi connectivity index (χ0v) is 11.8. The molecule has 1 aliphatic rings. The van der Waals surface area contributed by atoms with Crippen LogP contribution in [0.1, 0.15) is 12.0 Å². The van der Waals surface area contributed by atoms with Crippen LogP contribution in [0, 0.1) is 12.8 Å². The second-order valence-corrected chi connectivity index (χ2v) is 5.36. The van der Waals surface area contributed by atoms with Crippen molar-refractivity contribution in [2.24, 2.45) is 5.92 Å². The number of aryl methyl sites for hydroxylation is 1. The first kappa shape index (κ1) is 14.0. The maximum absolute atomic E-state index is 11.9. The summed E-state index contributed by atoms with van der Waals surface area (Å²) in [6, 6.07) is 7.91. The molecule has 0 radical (unpaired) electrons. The summed E-state index contributed by atoms with van der Waals surface area (Å²) < 4.78 is 0. The summed E-state index contributed by atoms with van der Waals surface area (Å²) in [5.41, 5.74) is 2.08. The number of benzene rings is 1. The van der Waals surface area contributed by atoms with E-state index in [4.69, 9.17) is 0 Å². The molecule has 1 aromatic carbocycles. The zero-order valence-electron chi connectivity index (χ0n) is 11.8. The van der Waals surface area contributed by atoms with Crippen molar-refractivity contribution < 1.29 is 4.79 Å². The molecule has 1 heterocycles. The number of nitrogens with zero attached hydrogens (tertiary/aromatic N) is 1. The first-order chi connectivity index (χ1) is 9.17. The summed E-state index contributed by atoms with van der Waals surface area (Å²) in [6.07, 6.45) is 1.18. The van der Waals surface area contributed by atoms with Gasteiger partial charge in [0.1, 0.15) is 0 Å². The second kappa shape index (κ2) is 6.68. The molecular weight excluding hydrogens is 238 g/mol. The Kier molecular flexibility index (Phi) is 4.93. The lowest BCUT2D eigenvalue weighted by molar-refractivity contribution is -0.117. The van der Waals surface area contributed by atoms with Gasteiger partial charge < -0.3 is 10.6 Å². The van der Waals surface area contributed by atoms with Gasteiger partial charge in [0.15, 0.2) is 0 Å². The molecule has 0 saturated carbocycles. The third kappa shape index (κ3) is 4.33. The molecule has 1 atom stereocenters. The summed E-state index contributed by atoms with van der Waals surface area (Å²) in [7, 11) is 1.98. The molecule has 0 spiro atoms. The molecule has 2 rings (SSSR count). The third-order valence-corrected chi connectivity index (χ3v) is 3.57. The van der Waals surface area contributed by atoms with Gasteiger partial charge in [0, 0.05) is 12.2 Å². The average molecular weight is 261 g/mol. The highest BCUT2D eigenvalue weighted by molar-refractivity contribution is 5.92. The van der Waals surface area contributed by atoms with E-state index in [1.54, 1.807) is 0 Å². The minimum Gasteiger partial charge on any atom is -0.325 e. The van der Waals surface area contributed by atoms with Gasteiger partial charge in [-0.2, -0.15) is 0 Å². The van der Waals surface area contributed by atoms with Crippen LogP contribution in [0.5, 0.6) is 0 Å². The quantitative estimate of drug-likeness (QED) is 0.844. The van der Waals surface area contributed by atoms with Crippen LogP contribution in [0.4, 0.5) is 5.69 Å². The third-order valence-electron chi connectivity index (χ3n) is 3.57. The molecule has 1 aromatic rings. The minimum absolute atomic E-state index is 0.0777. The van der Waals surface area contributed by atoms with E-state index in [0.717, 1.165) is 25.3 Å². The average Bonchev–Trinajstić information content (AvgIpc) is 2.80. The molecule has 1 amide bonds. The number of carbonyl (C=O) groups excluding carboxylic acids is 1. The van der Waals surface area contributed by atoms with Gasteiger partial charge in [-0.05, 0) is 51.5 Å². The summed E-state index contributed by atoms with van der Waals surface area (Å²) in [6.45, 7) is 5.61. The van der Waals surface area contributed by atoms with E-state index in [2.05, 4.69) is 15.5 Å². The fraction of sp³-hybridized carbons (Fsp3) is 0.533. The van der Waals surface area contributed by atoms with Crippen LogP contribution in [0.15, 0.2) is 24.3 Å². The Morgan fingerprint density at radius 3 is 2.79 bits per heavy atom. The van der Waals surface area contributed by atoms with E-state index in [-0.39, 0.29) is 5.91 Å². The lowest BCUT2D eigenvalue weighted by Gasteiger charge is -2.15. The fourth-order valence-electron chi connectivity index (χ4n) is 2.55. The number of carbonyl (C=O) groups is 1. The Hall–Kier alpha value is -1.39. The maximum atomic E-state index is 11.9. The van der Waals surface area contributed by atoms with Crippen LogP contribution in [0.25, 0.3) is 0 Å². The van der Waals surface area contributed by atoms with E-state index in [1.807, 2.05) is 38.2 Å². The Morgan fingerprint density at radius 2 is 2.11 bits per heavy atom. The van der Waals surface area contributed by atoms with E-state index in [1.165, 1.54) is 12.0 Å². The van der Waals surface area contributed by atoms with E-state index >= 15 is 0 Å². The molecule has 1 aliphatic heterocycles. The summed E-state index contributed by atoms with van der Waals surface area (Å²) in [4.78, 5) is 14.2. The van der Waals surface area contributed by atoms with Gasteiger partial charge in [-0.25, -0.2) is 0 Å². The maximum Gasteiger partial charge on any atom is 0.238 e. The molecule has 0 bridgehead atoms. The number of hydrogen-bond acceptors (Lipinski definition) is 3. The zero-order chi connectivity index (χ0) is 13.7. The molecule has 2 N–H and O–H groups in total. The van der Waals surface area contributed by atoms with Gasteiger partial charge in [0.2, 0.25) is 5.91 Å². The van der Waals surface area contributed by atoms with E-state index < -0.39 is 0 Å². The number of likely N-dealkylation sites (tertiary alicyclic amines) is 1. The van der Waals surface area contributed by atoms with Gasteiger partial charge in [-0.1, -0.05) is 17.7 Å². The highest BCUT2D eigenvalue weighted by Gasteiger charge is 2.23. The second-order valence-electron chi connectivity index (χ2n) is 5.36. The normalized spacial score (nSPS) is 19.6. The number of nitrogens with one attached hydrogen (secondary N) is 2. The van der Waals surface area contributed by atoms with Gasteiger partial charge >= 0.3 is 0 Å². The van der Waals surface area contributed by atoms with Gasteiger partial charge in [0.05, 0.1) is 6.54 Å². The van der Waals surface area contributed by atoms with Gasteiger partial charge in [-0.15, -0.1) is 0 Å². The number of hydrogen-bond donors (Lipinski definition) is 2. The van der Waals surface area contributed by atoms with Crippen LogP contribution in [-0.4, -0.2) is 44.0 Å². The standard InChI is InChI=1S/C15H23N3O/c1-12-3-5-14(6-4-12)17-15(19)11-18-8-7-13(10-18)9-16-2/h3-6,13,16H,7-11H2,1-2H3,(H,17,19). The SMILES string of the molecule is CNCC1CCN(CC(=O)Nc2ccc(C)cc2)C1. The molecule has 4 nitrogen and oxygen atoms in total. The van der Waals surface area contributed by atoms with Crippen LogP contribution >= 0.6 is 0 Å². The molecule has 0 aliphatic carbocycles. The van der Waals surface area contributed by atoms with E-state index in [0.29, 0.717) is 12.5 Å². The highest BCUT2D eigenvalue weighted by Crippen LogP contribution is 2.15. The summed E-state index contributed by atoms with van der Waals surface area (Å²) in [5, 5.41) is 6.15. The van der Waals surface area contributed by atoms with Crippen LogP contribution < -0.4 is 10.6 Å². The number of anilines is 1. The summed E-state index contributed by atoms with van der Waals surface area (Å²) >= 11 is 0. The van der Waals surface area contributed by atoms with E-state index in [9.17, 15) is 4.79 Å². The van der Waals surface area contributed by atoms with Crippen molar-refractivity contribution in [2.75, 3.05) is 38.5 Å².